The van der Waals surface area contributed by atoms with Crippen molar-refractivity contribution in [2.75, 3.05) is 23.8 Å². The maximum atomic E-state index is 12.2. The average Bonchev–Trinajstić information content (AvgIpc) is 2.59. The minimum atomic E-state index is 0.0362. The number of hydrogen-bond donors (Lipinski definition) is 2. The molecule has 0 radical (unpaired) electrons. The monoisotopic (exact) mass is 311 g/mol. The van der Waals surface area contributed by atoms with E-state index in [2.05, 4.69) is 22.5 Å². The molecular formula is C18H21N3O2. The maximum absolute atomic E-state index is 12.2. The summed E-state index contributed by atoms with van der Waals surface area (Å²) in [6, 6.07) is 11.8. The SMILES string of the molecule is Cc1ccc(Nc2ccc(NC(=O)C3CCOCC3)cn2)cc1. The van der Waals surface area contributed by atoms with Gasteiger partial charge in [-0.15, -0.1) is 0 Å². The van der Waals surface area contributed by atoms with E-state index in [4.69, 9.17) is 4.74 Å². The lowest BCUT2D eigenvalue weighted by molar-refractivity contribution is -0.122. The van der Waals surface area contributed by atoms with E-state index in [9.17, 15) is 4.79 Å². The first-order valence-electron chi connectivity index (χ1n) is 7.89. The van der Waals surface area contributed by atoms with Gasteiger partial charge in [0.25, 0.3) is 0 Å². The van der Waals surface area contributed by atoms with E-state index < -0.39 is 0 Å². The first kappa shape index (κ1) is 15.5. The number of aromatic nitrogens is 1. The van der Waals surface area contributed by atoms with Gasteiger partial charge in [-0.25, -0.2) is 4.98 Å². The highest BCUT2D eigenvalue weighted by molar-refractivity contribution is 5.92. The van der Waals surface area contributed by atoms with Gasteiger partial charge in [-0.3, -0.25) is 4.79 Å². The summed E-state index contributed by atoms with van der Waals surface area (Å²) in [5.41, 5.74) is 2.92. The van der Waals surface area contributed by atoms with Crippen LogP contribution in [0.4, 0.5) is 17.2 Å². The summed E-state index contributed by atoms with van der Waals surface area (Å²) >= 11 is 0. The van der Waals surface area contributed by atoms with Crippen molar-refractivity contribution in [2.24, 2.45) is 5.92 Å². The van der Waals surface area contributed by atoms with Gasteiger partial charge in [0.15, 0.2) is 0 Å². The van der Waals surface area contributed by atoms with Gasteiger partial charge >= 0.3 is 0 Å². The van der Waals surface area contributed by atoms with Gasteiger partial charge in [0.05, 0.1) is 11.9 Å². The fraction of sp³-hybridized carbons (Fsp3) is 0.333. The highest BCUT2D eigenvalue weighted by Gasteiger charge is 2.21. The molecule has 1 aliphatic heterocycles. The summed E-state index contributed by atoms with van der Waals surface area (Å²) in [6.07, 6.45) is 3.24. The summed E-state index contributed by atoms with van der Waals surface area (Å²) < 4.78 is 5.28. The number of rotatable bonds is 4. The Morgan fingerprint density at radius 1 is 1.09 bits per heavy atom. The predicted molar refractivity (Wildman–Crippen MR) is 90.9 cm³/mol. The van der Waals surface area contributed by atoms with Crippen molar-refractivity contribution in [1.29, 1.82) is 0 Å². The van der Waals surface area contributed by atoms with E-state index in [0.29, 0.717) is 13.2 Å². The van der Waals surface area contributed by atoms with Crippen molar-refractivity contribution in [3.63, 3.8) is 0 Å². The number of nitrogens with one attached hydrogen (secondary N) is 2. The Morgan fingerprint density at radius 3 is 2.43 bits per heavy atom. The van der Waals surface area contributed by atoms with Crippen LogP contribution < -0.4 is 10.6 Å². The van der Waals surface area contributed by atoms with Gasteiger partial charge in [-0.05, 0) is 44.0 Å². The number of benzene rings is 1. The molecule has 0 saturated carbocycles. The van der Waals surface area contributed by atoms with Gasteiger partial charge in [-0.2, -0.15) is 0 Å². The Kier molecular flexibility index (Phi) is 4.88. The first-order valence-corrected chi connectivity index (χ1v) is 7.89. The number of pyridine rings is 1. The molecule has 1 aromatic heterocycles. The van der Waals surface area contributed by atoms with Crippen molar-refractivity contribution in [3.05, 3.63) is 48.2 Å². The predicted octanol–water partition coefficient (Wildman–Crippen LogP) is 3.50. The van der Waals surface area contributed by atoms with E-state index in [-0.39, 0.29) is 11.8 Å². The number of nitrogens with zero attached hydrogens (tertiary/aromatic N) is 1. The molecule has 0 bridgehead atoms. The standard InChI is InChI=1S/C18H21N3O2/c1-13-2-4-15(5-3-13)20-17-7-6-16(12-19-17)21-18(22)14-8-10-23-11-9-14/h2-7,12,14H,8-11H2,1H3,(H,19,20)(H,21,22). The second kappa shape index (κ2) is 7.24. The fourth-order valence-electron chi connectivity index (χ4n) is 2.53. The molecule has 2 aromatic rings. The molecule has 2 heterocycles. The second-order valence-corrected chi connectivity index (χ2v) is 5.80. The molecule has 0 spiro atoms. The Bertz CT molecular complexity index is 647. The third-order valence-corrected chi connectivity index (χ3v) is 3.95. The lowest BCUT2D eigenvalue weighted by atomic mass is 9.99. The summed E-state index contributed by atoms with van der Waals surface area (Å²) in [4.78, 5) is 16.5. The second-order valence-electron chi connectivity index (χ2n) is 5.80. The van der Waals surface area contributed by atoms with Gasteiger partial charge in [-0.1, -0.05) is 17.7 Å². The Morgan fingerprint density at radius 2 is 1.78 bits per heavy atom. The van der Waals surface area contributed by atoms with Crippen molar-refractivity contribution in [2.45, 2.75) is 19.8 Å². The van der Waals surface area contributed by atoms with E-state index in [1.54, 1.807) is 6.20 Å². The van der Waals surface area contributed by atoms with Crippen LogP contribution in [-0.2, 0) is 9.53 Å². The Hall–Kier alpha value is -2.40. The molecule has 1 fully saturated rings. The van der Waals surface area contributed by atoms with Crippen LogP contribution in [0.25, 0.3) is 0 Å². The summed E-state index contributed by atoms with van der Waals surface area (Å²) in [5.74, 6) is 0.835. The van der Waals surface area contributed by atoms with Crippen LogP contribution in [0.5, 0.6) is 0 Å². The molecule has 5 heteroatoms. The minimum Gasteiger partial charge on any atom is -0.381 e. The van der Waals surface area contributed by atoms with Crippen molar-refractivity contribution in [1.82, 2.24) is 4.98 Å². The third kappa shape index (κ3) is 4.29. The minimum absolute atomic E-state index is 0.0362. The van der Waals surface area contributed by atoms with Gasteiger partial charge < -0.3 is 15.4 Å². The molecular weight excluding hydrogens is 290 g/mol. The van der Waals surface area contributed by atoms with Crippen LogP contribution in [0, 0.1) is 12.8 Å². The molecule has 1 amide bonds. The van der Waals surface area contributed by atoms with Gasteiger partial charge in [0.2, 0.25) is 5.91 Å². The largest absolute Gasteiger partial charge is 0.381 e. The van der Waals surface area contributed by atoms with Crippen LogP contribution in [-0.4, -0.2) is 24.1 Å². The van der Waals surface area contributed by atoms with E-state index in [1.165, 1.54) is 5.56 Å². The van der Waals surface area contributed by atoms with Crippen molar-refractivity contribution >= 4 is 23.1 Å². The van der Waals surface area contributed by atoms with Crippen LogP contribution in [0.15, 0.2) is 42.6 Å². The molecule has 120 valence electrons. The van der Waals surface area contributed by atoms with E-state index in [0.717, 1.165) is 30.0 Å². The zero-order valence-corrected chi connectivity index (χ0v) is 13.2. The van der Waals surface area contributed by atoms with E-state index in [1.807, 2.05) is 36.4 Å². The smallest absolute Gasteiger partial charge is 0.227 e. The number of carbonyl (C=O) groups excluding carboxylic acids is 1. The lowest BCUT2D eigenvalue weighted by Crippen LogP contribution is -2.28. The maximum Gasteiger partial charge on any atom is 0.227 e. The number of anilines is 3. The Balaban J connectivity index is 1.58. The molecule has 3 rings (SSSR count). The van der Waals surface area contributed by atoms with Crippen molar-refractivity contribution < 1.29 is 9.53 Å². The van der Waals surface area contributed by atoms with Crippen LogP contribution >= 0.6 is 0 Å². The molecule has 0 unspecified atom stereocenters. The first-order chi connectivity index (χ1) is 11.2. The average molecular weight is 311 g/mol. The highest BCUT2D eigenvalue weighted by Crippen LogP contribution is 2.19. The number of amides is 1. The zero-order chi connectivity index (χ0) is 16.1. The van der Waals surface area contributed by atoms with Gasteiger partial charge in [0, 0.05) is 24.8 Å². The van der Waals surface area contributed by atoms with Crippen LogP contribution in [0.1, 0.15) is 18.4 Å². The molecule has 0 atom stereocenters. The van der Waals surface area contributed by atoms with E-state index >= 15 is 0 Å². The number of aryl methyl sites for hydroxylation is 1. The molecule has 2 N–H and O–H groups in total. The molecule has 5 nitrogen and oxygen atoms in total. The van der Waals surface area contributed by atoms with Gasteiger partial charge in [0.1, 0.15) is 5.82 Å². The number of ether oxygens (including phenoxy) is 1. The topological polar surface area (TPSA) is 63.2 Å². The quantitative estimate of drug-likeness (QED) is 0.907. The third-order valence-electron chi connectivity index (χ3n) is 3.95. The van der Waals surface area contributed by atoms with Crippen LogP contribution in [0.3, 0.4) is 0 Å². The normalized spacial score (nSPS) is 15.2. The molecule has 0 aliphatic carbocycles. The number of carbonyl (C=O) groups is 1. The molecule has 1 aliphatic rings. The molecule has 1 aromatic carbocycles. The zero-order valence-electron chi connectivity index (χ0n) is 13.2. The van der Waals surface area contributed by atoms with Crippen LogP contribution in [0.2, 0.25) is 0 Å². The summed E-state index contributed by atoms with van der Waals surface area (Å²) in [6.45, 7) is 3.38. The number of hydrogen-bond acceptors (Lipinski definition) is 4. The lowest BCUT2D eigenvalue weighted by Gasteiger charge is -2.21. The highest BCUT2D eigenvalue weighted by atomic mass is 16.5. The molecule has 1 saturated heterocycles. The summed E-state index contributed by atoms with van der Waals surface area (Å²) in [5, 5.41) is 6.16. The van der Waals surface area contributed by atoms with Crippen molar-refractivity contribution in [3.8, 4) is 0 Å². The fourth-order valence-corrected chi connectivity index (χ4v) is 2.53. The summed E-state index contributed by atoms with van der Waals surface area (Å²) in [7, 11) is 0. The molecule has 23 heavy (non-hydrogen) atoms. The Labute approximate surface area is 136 Å².